The number of ether oxygens (including phenoxy) is 1. The van der Waals surface area contributed by atoms with Crippen LogP contribution >= 0.6 is 11.8 Å². The second-order valence-corrected chi connectivity index (χ2v) is 4.84. The van der Waals surface area contributed by atoms with Gasteiger partial charge in [0.15, 0.2) is 5.16 Å². The number of benzene rings is 2. The molecule has 0 spiro atoms. The van der Waals surface area contributed by atoms with Crippen LogP contribution in [0.4, 0.5) is 0 Å². The molecule has 0 bridgehead atoms. The van der Waals surface area contributed by atoms with E-state index in [-0.39, 0.29) is 0 Å². The van der Waals surface area contributed by atoms with E-state index in [1.54, 1.807) is 18.9 Å². The second-order valence-electron chi connectivity index (χ2n) is 3.81. The lowest BCUT2D eigenvalue weighted by Crippen LogP contribution is -1.85. The molecule has 0 radical (unpaired) electrons. The van der Waals surface area contributed by atoms with E-state index in [9.17, 15) is 0 Å². The van der Waals surface area contributed by atoms with Crippen molar-refractivity contribution in [1.29, 1.82) is 0 Å². The van der Waals surface area contributed by atoms with Crippen LogP contribution in [-0.2, 0) is 0 Å². The van der Waals surface area contributed by atoms with Gasteiger partial charge in [-0.15, -0.1) is 0 Å². The van der Waals surface area contributed by atoms with Crippen LogP contribution in [0.2, 0.25) is 0 Å². The third-order valence-electron chi connectivity index (χ3n) is 2.64. The molecule has 3 aromatic rings. The van der Waals surface area contributed by atoms with E-state index < -0.39 is 0 Å². The zero-order chi connectivity index (χ0) is 12.4. The van der Waals surface area contributed by atoms with Gasteiger partial charge < -0.3 is 9.72 Å². The average molecular weight is 256 g/mol. The zero-order valence-electron chi connectivity index (χ0n) is 9.88. The average Bonchev–Trinajstić information content (AvgIpc) is 2.81. The molecule has 0 atom stereocenters. The van der Waals surface area contributed by atoms with E-state index in [1.165, 1.54) is 0 Å². The number of fused-ring (bicyclic) bond motifs is 1. The molecule has 1 N–H and O–H groups in total. The summed E-state index contributed by atoms with van der Waals surface area (Å²) in [5.41, 5.74) is 2.03. The maximum Gasteiger partial charge on any atom is 0.171 e. The first kappa shape index (κ1) is 11.2. The highest BCUT2D eigenvalue weighted by molar-refractivity contribution is 7.99. The monoisotopic (exact) mass is 256 g/mol. The Morgan fingerprint density at radius 3 is 2.67 bits per heavy atom. The number of aromatic nitrogens is 2. The normalized spacial score (nSPS) is 10.7. The number of nitrogens with one attached hydrogen (secondary N) is 1. The van der Waals surface area contributed by atoms with Gasteiger partial charge in [-0.3, -0.25) is 0 Å². The number of nitrogens with zero attached hydrogens (tertiary/aromatic N) is 1. The van der Waals surface area contributed by atoms with Crippen molar-refractivity contribution < 1.29 is 4.74 Å². The Bertz CT molecular complexity index is 645. The molecule has 18 heavy (non-hydrogen) atoms. The van der Waals surface area contributed by atoms with Gasteiger partial charge in [-0.1, -0.05) is 24.3 Å². The van der Waals surface area contributed by atoms with Gasteiger partial charge in [0.2, 0.25) is 0 Å². The third-order valence-corrected chi connectivity index (χ3v) is 3.59. The summed E-state index contributed by atoms with van der Waals surface area (Å²) in [5, 5.41) is 0.876. The first-order chi connectivity index (χ1) is 8.86. The highest BCUT2D eigenvalue weighted by atomic mass is 32.2. The molecule has 0 saturated heterocycles. The van der Waals surface area contributed by atoms with Crippen molar-refractivity contribution in [2.45, 2.75) is 10.1 Å². The number of para-hydroxylation sites is 3. The summed E-state index contributed by atoms with van der Waals surface area (Å²) in [7, 11) is 1.68. The Hall–Kier alpha value is -1.94. The van der Waals surface area contributed by atoms with E-state index >= 15 is 0 Å². The summed E-state index contributed by atoms with van der Waals surface area (Å²) in [5.74, 6) is 0.864. The Balaban J connectivity index is 1.96. The molecule has 90 valence electrons. The molecule has 3 nitrogen and oxygen atoms in total. The van der Waals surface area contributed by atoms with Crippen molar-refractivity contribution >= 4 is 22.8 Å². The van der Waals surface area contributed by atoms with Gasteiger partial charge in [-0.05, 0) is 36.0 Å². The number of H-pyrrole nitrogens is 1. The van der Waals surface area contributed by atoms with Gasteiger partial charge in [-0.2, -0.15) is 0 Å². The molecule has 0 saturated carbocycles. The summed E-state index contributed by atoms with van der Waals surface area (Å²) >= 11 is 1.57. The molecule has 1 heterocycles. The number of aromatic amines is 1. The van der Waals surface area contributed by atoms with E-state index in [4.69, 9.17) is 4.74 Å². The number of hydrogen-bond acceptors (Lipinski definition) is 3. The van der Waals surface area contributed by atoms with Crippen LogP contribution in [0.5, 0.6) is 5.75 Å². The second kappa shape index (κ2) is 4.74. The van der Waals surface area contributed by atoms with Crippen LogP contribution in [0.25, 0.3) is 11.0 Å². The van der Waals surface area contributed by atoms with Gasteiger partial charge in [-0.25, -0.2) is 4.98 Å². The molecule has 0 aliphatic rings. The molecule has 0 amide bonds. The van der Waals surface area contributed by atoms with Crippen molar-refractivity contribution in [2.24, 2.45) is 0 Å². The van der Waals surface area contributed by atoms with Crippen LogP contribution in [0.15, 0.2) is 58.6 Å². The molecular weight excluding hydrogens is 244 g/mol. The summed E-state index contributed by atoms with van der Waals surface area (Å²) in [6.07, 6.45) is 0. The maximum absolute atomic E-state index is 5.33. The highest BCUT2D eigenvalue weighted by Crippen LogP contribution is 2.33. The number of methoxy groups -OCH3 is 1. The number of rotatable bonds is 3. The minimum absolute atomic E-state index is 0.864. The first-order valence-electron chi connectivity index (χ1n) is 5.62. The fourth-order valence-electron chi connectivity index (χ4n) is 1.79. The van der Waals surface area contributed by atoms with Crippen LogP contribution in [0.3, 0.4) is 0 Å². The van der Waals surface area contributed by atoms with Gasteiger partial charge >= 0.3 is 0 Å². The van der Waals surface area contributed by atoms with Crippen LogP contribution in [0.1, 0.15) is 0 Å². The standard InChI is InChI=1S/C14H12N2OS/c1-17-12-8-4-5-9-13(12)18-14-15-10-6-2-3-7-11(10)16-14/h2-9H,1H3,(H,15,16). The molecule has 0 fully saturated rings. The van der Waals surface area contributed by atoms with E-state index in [2.05, 4.69) is 9.97 Å². The molecule has 0 aliphatic carbocycles. The summed E-state index contributed by atoms with van der Waals surface area (Å²) in [6.45, 7) is 0. The fraction of sp³-hybridized carbons (Fsp3) is 0.0714. The zero-order valence-corrected chi connectivity index (χ0v) is 10.7. The molecule has 1 aromatic heterocycles. The fourth-order valence-corrected chi connectivity index (χ4v) is 2.70. The smallest absolute Gasteiger partial charge is 0.171 e. The van der Waals surface area contributed by atoms with Crippen molar-refractivity contribution in [3.05, 3.63) is 48.5 Å². The lowest BCUT2D eigenvalue weighted by Gasteiger charge is -2.05. The minimum Gasteiger partial charge on any atom is -0.496 e. The van der Waals surface area contributed by atoms with Crippen LogP contribution < -0.4 is 4.74 Å². The molecule has 2 aromatic carbocycles. The summed E-state index contributed by atoms with van der Waals surface area (Å²) < 4.78 is 5.33. The van der Waals surface area contributed by atoms with E-state index in [0.29, 0.717) is 0 Å². The van der Waals surface area contributed by atoms with Gasteiger partial charge in [0.25, 0.3) is 0 Å². The van der Waals surface area contributed by atoms with Gasteiger partial charge in [0.1, 0.15) is 5.75 Å². The largest absolute Gasteiger partial charge is 0.496 e. The van der Waals surface area contributed by atoms with E-state index in [1.807, 2.05) is 48.5 Å². The third kappa shape index (κ3) is 2.07. The van der Waals surface area contributed by atoms with Crippen LogP contribution in [-0.4, -0.2) is 17.1 Å². The molecule has 3 rings (SSSR count). The molecule has 4 heteroatoms. The molecule has 0 aliphatic heterocycles. The van der Waals surface area contributed by atoms with Gasteiger partial charge in [0.05, 0.1) is 23.0 Å². The summed E-state index contributed by atoms with van der Waals surface area (Å²) in [6, 6.07) is 15.9. The number of hydrogen-bond donors (Lipinski definition) is 1. The Kier molecular flexibility index (Phi) is 2.94. The van der Waals surface area contributed by atoms with Gasteiger partial charge in [0, 0.05) is 0 Å². The minimum atomic E-state index is 0.864. The van der Waals surface area contributed by atoms with Crippen molar-refractivity contribution in [3.63, 3.8) is 0 Å². The predicted molar refractivity (Wildman–Crippen MR) is 73.2 cm³/mol. The van der Waals surface area contributed by atoms with Crippen molar-refractivity contribution in [1.82, 2.24) is 9.97 Å². The Labute approximate surface area is 109 Å². The SMILES string of the molecule is COc1ccccc1Sc1nc2ccccc2[nH]1. The molecule has 0 unspecified atom stereocenters. The quantitative estimate of drug-likeness (QED) is 0.776. The van der Waals surface area contributed by atoms with Crippen molar-refractivity contribution in [3.8, 4) is 5.75 Å². The predicted octanol–water partition coefficient (Wildman–Crippen LogP) is 3.72. The maximum atomic E-state index is 5.33. The lowest BCUT2D eigenvalue weighted by atomic mass is 10.3. The lowest BCUT2D eigenvalue weighted by molar-refractivity contribution is 0.405. The van der Waals surface area contributed by atoms with Crippen LogP contribution in [0, 0.1) is 0 Å². The number of imidazole rings is 1. The highest BCUT2D eigenvalue weighted by Gasteiger charge is 2.07. The Morgan fingerprint density at radius 1 is 1.06 bits per heavy atom. The topological polar surface area (TPSA) is 37.9 Å². The van der Waals surface area contributed by atoms with Crippen molar-refractivity contribution in [2.75, 3.05) is 7.11 Å². The van der Waals surface area contributed by atoms with E-state index in [0.717, 1.165) is 26.8 Å². The molecular formula is C14H12N2OS. The Morgan fingerprint density at radius 2 is 1.83 bits per heavy atom. The first-order valence-corrected chi connectivity index (χ1v) is 6.44. The summed E-state index contributed by atoms with van der Waals surface area (Å²) in [4.78, 5) is 8.88.